The van der Waals surface area contributed by atoms with Gasteiger partial charge in [-0.3, -0.25) is 4.79 Å². The molecule has 0 radical (unpaired) electrons. The molecule has 3 aromatic rings. The van der Waals surface area contributed by atoms with Gasteiger partial charge in [-0.15, -0.1) is 0 Å². The van der Waals surface area contributed by atoms with Crippen LogP contribution in [-0.4, -0.2) is 18.7 Å². The summed E-state index contributed by atoms with van der Waals surface area (Å²) >= 11 is 0. The number of rotatable bonds is 4. The van der Waals surface area contributed by atoms with Crippen molar-refractivity contribution in [3.63, 3.8) is 0 Å². The lowest BCUT2D eigenvalue weighted by atomic mass is 9.96. The van der Waals surface area contributed by atoms with Crippen molar-refractivity contribution in [2.24, 2.45) is 7.05 Å². The van der Waals surface area contributed by atoms with Crippen molar-refractivity contribution in [3.8, 4) is 16.9 Å². The minimum Gasteiger partial charge on any atom is -0.497 e. The lowest BCUT2D eigenvalue weighted by Crippen LogP contribution is -2.24. The number of benzene rings is 2. The number of nitrogens with zero attached hydrogens (tertiary/aromatic N) is 1. The Bertz CT molecular complexity index is 899. The first kappa shape index (κ1) is 15.3. The van der Waals surface area contributed by atoms with Crippen LogP contribution in [0.15, 0.2) is 53.3 Å². The Hall–Kier alpha value is -2.59. The maximum atomic E-state index is 12.7. The summed E-state index contributed by atoms with van der Waals surface area (Å²) in [6.07, 6.45) is 0. The molecule has 0 atom stereocenters. The van der Waals surface area contributed by atoms with E-state index in [0.29, 0.717) is 11.9 Å². The van der Waals surface area contributed by atoms with Crippen LogP contribution in [0.5, 0.6) is 5.75 Å². The summed E-state index contributed by atoms with van der Waals surface area (Å²) in [6.45, 7) is 0.614. The molecule has 0 unspecified atom stereocenters. The zero-order valence-electron chi connectivity index (χ0n) is 13.6. The number of hydrogen-bond acceptors (Lipinski definition) is 3. The topological polar surface area (TPSA) is 43.3 Å². The van der Waals surface area contributed by atoms with E-state index in [1.807, 2.05) is 50.5 Å². The fourth-order valence-corrected chi connectivity index (χ4v) is 2.97. The van der Waals surface area contributed by atoms with Gasteiger partial charge in [0, 0.05) is 35.6 Å². The Morgan fingerprint density at radius 1 is 1.09 bits per heavy atom. The van der Waals surface area contributed by atoms with E-state index in [-0.39, 0.29) is 5.56 Å². The predicted octanol–water partition coefficient (Wildman–Crippen LogP) is 2.93. The summed E-state index contributed by atoms with van der Waals surface area (Å²) in [5.41, 5.74) is 3.12. The van der Waals surface area contributed by atoms with Gasteiger partial charge in [-0.1, -0.05) is 30.3 Å². The smallest absolute Gasteiger partial charge is 0.258 e. The molecule has 0 aliphatic carbocycles. The summed E-state index contributed by atoms with van der Waals surface area (Å²) in [4.78, 5) is 12.7. The minimum absolute atomic E-state index is 0.00702. The third-order valence-electron chi connectivity index (χ3n) is 4.13. The molecule has 2 aromatic carbocycles. The van der Waals surface area contributed by atoms with E-state index < -0.39 is 0 Å². The number of fused-ring (bicyclic) bond motifs is 1. The molecule has 0 saturated carbocycles. The maximum Gasteiger partial charge on any atom is 0.258 e. The van der Waals surface area contributed by atoms with Gasteiger partial charge in [0.05, 0.1) is 7.11 Å². The summed E-state index contributed by atoms with van der Waals surface area (Å²) in [5.74, 6) is 0.748. The molecule has 1 heterocycles. The van der Waals surface area contributed by atoms with E-state index in [1.165, 1.54) is 0 Å². The normalized spacial score (nSPS) is 10.9. The van der Waals surface area contributed by atoms with Crippen molar-refractivity contribution in [1.29, 1.82) is 0 Å². The largest absolute Gasteiger partial charge is 0.497 e. The number of aromatic nitrogens is 1. The number of ether oxygens (including phenoxy) is 1. The second-order valence-electron chi connectivity index (χ2n) is 5.49. The third kappa shape index (κ3) is 2.62. The van der Waals surface area contributed by atoms with Crippen LogP contribution in [-0.2, 0) is 13.6 Å². The van der Waals surface area contributed by atoms with E-state index in [0.717, 1.165) is 28.0 Å². The van der Waals surface area contributed by atoms with Crippen molar-refractivity contribution in [2.45, 2.75) is 6.54 Å². The summed E-state index contributed by atoms with van der Waals surface area (Å²) in [6, 6.07) is 15.8. The van der Waals surface area contributed by atoms with Gasteiger partial charge in [0.15, 0.2) is 0 Å². The zero-order chi connectivity index (χ0) is 16.4. The van der Waals surface area contributed by atoms with Crippen molar-refractivity contribution >= 4 is 10.8 Å². The summed E-state index contributed by atoms with van der Waals surface area (Å²) < 4.78 is 7.09. The first-order chi connectivity index (χ1) is 11.2. The van der Waals surface area contributed by atoms with Crippen LogP contribution in [0, 0.1) is 0 Å². The molecule has 118 valence electrons. The van der Waals surface area contributed by atoms with Crippen molar-refractivity contribution in [2.75, 3.05) is 14.2 Å². The molecule has 1 aromatic heterocycles. The first-order valence-electron chi connectivity index (χ1n) is 7.57. The number of pyridine rings is 1. The first-order valence-corrected chi connectivity index (χ1v) is 7.57. The molecular weight excluding hydrogens is 288 g/mol. The lowest BCUT2D eigenvalue weighted by Gasteiger charge is -2.18. The number of methoxy groups -OCH3 is 1. The maximum absolute atomic E-state index is 12.7. The average Bonchev–Trinajstić information content (AvgIpc) is 2.60. The fourth-order valence-electron chi connectivity index (χ4n) is 2.97. The predicted molar refractivity (Wildman–Crippen MR) is 93.9 cm³/mol. The van der Waals surface area contributed by atoms with Gasteiger partial charge < -0.3 is 14.6 Å². The average molecular weight is 308 g/mol. The zero-order valence-corrected chi connectivity index (χ0v) is 13.6. The molecule has 23 heavy (non-hydrogen) atoms. The Labute approximate surface area is 135 Å². The Morgan fingerprint density at radius 2 is 1.83 bits per heavy atom. The van der Waals surface area contributed by atoms with Crippen LogP contribution in [0.2, 0.25) is 0 Å². The lowest BCUT2D eigenvalue weighted by molar-refractivity contribution is 0.415. The Kier molecular flexibility index (Phi) is 4.17. The van der Waals surface area contributed by atoms with E-state index in [1.54, 1.807) is 11.7 Å². The van der Waals surface area contributed by atoms with Crippen LogP contribution >= 0.6 is 0 Å². The minimum atomic E-state index is 0.00702. The highest BCUT2D eigenvalue weighted by atomic mass is 16.5. The van der Waals surface area contributed by atoms with Crippen LogP contribution in [0.25, 0.3) is 21.9 Å². The third-order valence-corrected chi connectivity index (χ3v) is 4.13. The highest BCUT2D eigenvalue weighted by molar-refractivity contribution is 5.98. The standard InChI is InChI=1S/C19H20N2O2/c1-20-12-17-18(13-7-5-4-6-8-13)16-11-14(23-3)9-10-15(16)19(22)21(17)2/h4-11,20H,12H2,1-3H3. The number of hydrogen-bond donors (Lipinski definition) is 1. The molecule has 1 N–H and O–H groups in total. The van der Waals surface area contributed by atoms with Crippen LogP contribution in [0.1, 0.15) is 5.69 Å². The molecule has 0 fully saturated rings. The quantitative estimate of drug-likeness (QED) is 0.806. The molecule has 0 amide bonds. The number of nitrogens with one attached hydrogen (secondary N) is 1. The van der Waals surface area contributed by atoms with Gasteiger partial charge in [0.25, 0.3) is 5.56 Å². The van der Waals surface area contributed by atoms with Gasteiger partial charge in [0.2, 0.25) is 0 Å². The van der Waals surface area contributed by atoms with Gasteiger partial charge in [-0.2, -0.15) is 0 Å². The molecule has 4 nitrogen and oxygen atoms in total. The van der Waals surface area contributed by atoms with Gasteiger partial charge in [0.1, 0.15) is 5.75 Å². The van der Waals surface area contributed by atoms with Crippen LogP contribution < -0.4 is 15.6 Å². The molecule has 0 aliphatic heterocycles. The van der Waals surface area contributed by atoms with E-state index in [4.69, 9.17) is 4.74 Å². The SMILES string of the molecule is CNCc1c(-c2ccccc2)c2cc(OC)ccc2c(=O)n1C. The van der Waals surface area contributed by atoms with Crippen molar-refractivity contribution < 1.29 is 4.74 Å². The van der Waals surface area contributed by atoms with Gasteiger partial charge in [-0.25, -0.2) is 0 Å². The van der Waals surface area contributed by atoms with Crippen LogP contribution in [0.4, 0.5) is 0 Å². The highest BCUT2D eigenvalue weighted by Crippen LogP contribution is 2.32. The van der Waals surface area contributed by atoms with Crippen molar-refractivity contribution in [3.05, 3.63) is 64.6 Å². The molecule has 0 aliphatic rings. The Morgan fingerprint density at radius 3 is 2.48 bits per heavy atom. The second-order valence-corrected chi connectivity index (χ2v) is 5.49. The molecule has 0 spiro atoms. The molecule has 4 heteroatoms. The Balaban J connectivity index is 2.48. The monoisotopic (exact) mass is 308 g/mol. The van der Waals surface area contributed by atoms with E-state index >= 15 is 0 Å². The fraction of sp³-hybridized carbons (Fsp3) is 0.211. The van der Waals surface area contributed by atoms with Crippen LogP contribution in [0.3, 0.4) is 0 Å². The second kappa shape index (κ2) is 6.26. The van der Waals surface area contributed by atoms with Crippen molar-refractivity contribution in [1.82, 2.24) is 9.88 Å². The van der Waals surface area contributed by atoms with Gasteiger partial charge in [-0.05, 0) is 30.8 Å². The van der Waals surface area contributed by atoms with E-state index in [9.17, 15) is 4.79 Å². The van der Waals surface area contributed by atoms with Gasteiger partial charge >= 0.3 is 0 Å². The molecule has 3 rings (SSSR count). The summed E-state index contributed by atoms with van der Waals surface area (Å²) in [5, 5.41) is 4.79. The molecule has 0 saturated heterocycles. The molecule has 0 bridgehead atoms. The van der Waals surface area contributed by atoms with E-state index in [2.05, 4.69) is 17.4 Å². The summed E-state index contributed by atoms with van der Waals surface area (Å²) in [7, 11) is 5.35. The molecular formula is C19H20N2O2. The highest BCUT2D eigenvalue weighted by Gasteiger charge is 2.16.